The van der Waals surface area contributed by atoms with E-state index in [4.69, 9.17) is 5.11 Å². The number of hydrogen-bond acceptors (Lipinski definition) is 5. The van der Waals surface area contributed by atoms with E-state index in [0.29, 0.717) is 6.42 Å². The first-order valence-corrected chi connectivity index (χ1v) is 6.70. The number of rotatable bonds is 3. The van der Waals surface area contributed by atoms with Gasteiger partial charge >= 0.3 is 11.8 Å². The van der Waals surface area contributed by atoms with Crippen LogP contribution in [0.4, 0.5) is 10.5 Å². The van der Waals surface area contributed by atoms with Gasteiger partial charge in [0.05, 0.1) is 21.0 Å². The summed E-state index contributed by atoms with van der Waals surface area (Å²) in [5.74, 6) is 0. The lowest BCUT2D eigenvalue weighted by Gasteiger charge is -2.11. The first-order chi connectivity index (χ1) is 9.00. The van der Waals surface area contributed by atoms with E-state index in [1.165, 1.54) is 18.3 Å². The zero-order chi connectivity index (χ0) is 14.0. The average Bonchev–Trinajstić information content (AvgIpc) is 2.87. The van der Waals surface area contributed by atoms with Crippen LogP contribution in [0.3, 0.4) is 0 Å². The van der Waals surface area contributed by atoms with Crippen LogP contribution in [0.2, 0.25) is 0 Å². The van der Waals surface area contributed by atoms with Crippen LogP contribution in [-0.4, -0.2) is 48.6 Å². The summed E-state index contributed by atoms with van der Waals surface area (Å²) in [7, 11) is -1.69. The van der Waals surface area contributed by atoms with Crippen molar-refractivity contribution in [1.29, 1.82) is 0 Å². The average molecular weight is 285 g/mol. The van der Waals surface area contributed by atoms with Crippen molar-refractivity contribution in [1.82, 2.24) is 9.88 Å². The van der Waals surface area contributed by atoms with Gasteiger partial charge in [-0.05, 0) is 12.5 Å². The second-order valence-corrected chi connectivity index (χ2v) is 5.67. The summed E-state index contributed by atoms with van der Waals surface area (Å²) in [5.41, 5.74) is -0.297. The smallest absolute Gasteiger partial charge is 0.407 e. The number of carbonyl (C=O) groups is 1. The van der Waals surface area contributed by atoms with Gasteiger partial charge < -0.3 is 10.0 Å². The number of carboxylic acid groups (broad SMARTS) is 1. The fourth-order valence-electron chi connectivity index (χ4n) is 1.91. The van der Waals surface area contributed by atoms with Crippen molar-refractivity contribution in [3.05, 3.63) is 28.4 Å². The first-order valence-electron chi connectivity index (χ1n) is 5.48. The molecule has 0 radical (unpaired) electrons. The van der Waals surface area contributed by atoms with Crippen molar-refractivity contribution < 1.29 is 19.0 Å². The van der Waals surface area contributed by atoms with Crippen LogP contribution in [-0.2, 0) is 10.8 Å². The van der Waals surface area contributed by atoms with Crippen molar-refractivity contribution in [2.75, 3.05) is 13.1 Å². The summed E-state index contributed by atoms with van der Waals surface area (Å²) >= 11 is 0. The van der Waals surface area contributed by atoms with Crippen molar-refractivity contribution >= 4 is 22.6 Å². The highest BCUT2D eigenvalue weighted by atomic mass is 32.2. The molecule has 1 aliphatic heterocycles. The highest BCUT2D eigenvalue weighted by Gasteiger charge is 2.34. The minimum Gasteiger partial charge on any atom is -0.465 e. The molecule has 102 valence electrons. The van der Waals surface area contributed by atoms with Gasteiger partial charge in [-0.1, -0.05) is 0 Å². The molecule has 2 rings (SSSR count). The van der Waals surface area contributed by atoms with Crippen LogP contribution >= 0.6 is 0 Å². The van der Waals surface area contributed by atoms with E-state index in [-0.39, 0.29) is 23.8 Å². The molecular formula is C10H11N3O5S. The quantitative estimate of drug-likeness (QED) is 0.650. The van der Waals surface area contributed by atoms with E-state index < -0.39 is 27.1 Å². The third-order valence-corrected chi connectivity index (χ3v) is 4.54. The molecule has 0 spiro atoms. The molecule has 1 fully saturated rings. The number of hydrogen-bond donors (Lipinski definition) is 1. The Bertz CT molecular complexity index is 550. The standard InChI is InChI=1S/C10H11N3O5S/c14-10(15)12-5-3-7(6-12)19(18)9-8(13(16)17)2-1-4-11-9/h1-2,4,7H,3,5-6H2,(H,14,15). The predicted octanol–water partition coefficient (Wildman–Crippen LogP) is 0.850. The predicted molar refractivity (Wildman–Crippen MR) is 65.3 cm³/mol. The fraction of sp³-hybridized carbons (Fsp3) is 0.400. The molecule has 9 heteroatoms. The molecule has 0 bridgehead atoms. The Labute approximate surface area is 110 Å². The Balaban J connectivity index is 2.22. The maximum absolute atomic E-state index is 12.3. The molecule has 1 aliphatic rings. The van der Waals surface area contributed by atoms with Gasteiger partial charge in [0.2, 0.25) is 5.03 Å². The van der Waals surface area contributed by atoms with Crippen LogP contribution in [0, 0.1) is 10.1 Å². The third-order valence-electron chi connectivity index (χ3n) is 2.86. The van der Waals surface area contributed by atoms with Crippen LogP contribution in [0.25, 0.3) is 0 Å². The summed E-state index contributed by atoms with van der Waals surface area (Å²) in [5, 5.41) is 19.1. The van der Waals surface area contributed by atoms with Gasteiger partial charge in [0.1, 0.15) is 0 Å². The fourth-order valence-corrected chi connectivity index (χ4v) is 3.37. The Hall–Kier alpha value is -2.03. The maximum atomic E-state index is 12.3. The first kappa shape index (κ1) is 13.4. The van der Waals surface area contributed by atoms with E-state index in [2.05, 4.69) is 4.98 Å². The molecule has 0 aliphatic carbocycles. The summed E-state index contributed by atoms with van der Waals surface area (Å²) in [6.07, 6.45) is 0.673. The molecular weight excluding hydrogens is 274 g/mol. The second kappa shape index (κ2) is 5.31. The monoisotopic (exact) mass is 285 g/mol. The lowest BCUT2D eigenvalue weighted by molar-refractivity contribution is -0.388. The highest BCUT2D eigenvalue weighted by molar-refractivity contribution is 7.85. The lowest BCUT2D eigenvalue weighted by Crippen LogP contribution is -2.29. The van der Waals surface area contributed by atoms with Gasteiger partial charge in [-0.2, -0.15) is 0 Å². The molecule has 1 N–H and O–H groups in total. The molecule has 19 heavy (non-hydrogen) atoms. The lowest BCUT2D eigenvalue weighted by atomic mass is 10.4. The Morgan fingerprint density at radius 1 is 1.63 bits per heavy atom. The number of nitro groups is 1. The number of likely N-dealkylation sites (tertiary alicyclic amines) is 1. The minimum absolute atomic E-state index is 0.0928. The van der Waals surface area contributed by atoms with Crippen molar-refractivity contribution in [3.8, 4) is 0 Å². The van der Waals surface area contributed by atoms with E-state index in [9.17, 15) is 19.1 Å². The Morgan fingerprint density at radius 3 is 2.95 bits per heavy atom. The van der Waals surface area contributed by atoms with Gasteiger partial charge in [0.25, 0.3) is 0 Å². The summed E-state index contributed by atoms with van der Waals surface area (Å²) in [6.45, 7) is 0.391. The largest absolute Gasteiger partial charge is 0.465 e. The normalized spacial score (nSPS) is 20.2. The molecule has 2 unspecified atom stereocenters. The summed E-state index contributed by atoms with van der Waals surface area (Å²) < 4.78 is 12.3. The number of amides is 1. The Kier molecular flexibility index (Phi) is 3.74. The molecule has 8 nitrogen and oxygen atoms in total. The molecule has 1 aromatic heterocycles. The third kappa shape index (κ3) is 2.70. The van der Waals surface area contributed by atoms with Gasteiger partial charge in [-0.3, -0.25) is 14.3 Å². The number of aromatic nitrogens is 1. The molecule has 2 atom stereocenters. The maximum Gasteiger partial charge on any atom is 0.407 e. The Morgan fingerprint density at radius 2 is 2.37 bits per heavy atom. The van der Waals surface area contributed by atoms with Gasteiger partial charge in [0, 0.05) is 25.4 Å². The van der Waals surface area contributed by atoms with E-state index in [1.807, 2.05) is 0 Å². The van der Waals surface area contributed by atoms with Gasteiger partial charge in [-0.15, -0.1) is 0 Å². The van der Waals surface area contributed by atoms with Crippen LogP contribution in [0.15, 0.2) is 23.4 Å². The van der Waals surface area contributed by atoms with E-state index in [0.717, 1.165) is 4.90 Å². The highest BCUT2D eigenvalue weighted by Crippen LogP contribution is 2.25. The number of pyridine rings is 1. The van der Waals surface area contributed by atoms with Crippen molar-refractivity contribution in [2.45, 2.75) is 16.7 Å². The summed E-state index contributed by atoms with van der Waals surface area (Å²) in [6, 6.07) is 2.64. The molecule has 0 saturated carbocycles. The topological polar surface area (TPSA) is 114 Å². The zero-order valence-corrected chi connectivity index (χ0v) is 10.6. The zero-order valence-electron chi connectivity index (χ0n) is 9.76. The van der Waals surface area contributed by atoms with Crippen molar-refractivity contribution in [3.63, 3.8) is 0 Å². The van der Waals surface area contributed by atoms with E-state index in [1.54, 1.807) is 0 Å². The van der Waals surface area contributed by atoms with E-state index >= 15 is 0 Å². The van der Waals surface area contributed by atoms with Crippen LogP contribution < -0.4 is 0 Å². The number of nitrogens with zero attached hydrogens (tertiary/aromatic N) is 3. The van der Waals surface area contributed by atoms with Gasteiger partial charge in [-0.25, -0.2) is 9.78 Å². The summed E-state index contributed by atoms with van der Waals surface area (Å²) in [4.78, 5) is 25.9. The molecule has 2 heterocycles. The van der Waals surface area contributed by atoms with Crippen molar-refractivity contribution in [2.24, 2.45) is 0 Å². The molecule has 1 amide bonds. The second-order valence-electron chi connectivity index (χ2n) is 4.02. The van der Waals surface area contributed by atoms with Crippen LogP contribution in [0.1, 0.15) is 6.42 Å². The van der Waals surface area contributed by atoms with Crippen LogP contribution in [0.5, 0.6) is 0 Å². The molecule has 1 aromatic rings. The van der Waals surface area contributed by atoms with Gasteiger partial charge in [0.15, 0.2) is 0 Å². The minimum atomic E-state index is -1.69. The molecule has 0 aromatic carbocycles. The molecule has 1 saturated heterocycles. The SMILES string of the molecule is O=C(O)N1CCC(S(=O)c2ncccc2[N+](=O)[O-])C1.